The van der Waals surface area contributed by atoms with Crippen molar-refractivity contribution in [3.8, 4) is 0 Å². The summed E-state index contributed by atoms with van der Waals surface area (Å²) >= 11 is 0. The Hall–Kier alpha value is -2.62. The number of benzene rings is 1. The van der Waals surface area contributed by atoms with Crippen LogP contribution in [-0.2, 0) is 22.3 Å². The second kappa shape index (κ2) is 8.73. The number of halogens is 3. The topological polar surface area (TPSA) is 73.0 Å². The number of carbonyl (C=O) groups is 3. The van der Waals surface area contributed by atoms with Crippen LogP contribution in [0, 0.1) is 0 Å². The molecule has 1 N–H and O–H groups in total. The fourth-order valence-corrected chi connectivity index (χ4v) is 4.77. The maximum Gasteiger partial charge on any atom is 0.416 e. The number of hydrogen-bond acceptors (Lipinski definition) is 4. The number of hydrogen-bond donors (Lipinski definition) is 1. The van der Waals surface area contributed by atoms with Gasteiger partial charge < -0.3 is 10.2 Å². The van der Waals surface area contributed by atoms with Crippen LogP contribution in [0.5, 0.6) is 0 Å². The minimum absolute atomic E-state index is 0.0804. The van der Waals surface area contributed by atoms with Gasteiger partial charge in [-0.15, -0.1) is 0 Å². The zero-order valence-electron chi connectivity index (χ0n) is 17.8. The van der Waals surface area contributed by atoms with Crippen molar-refractivity contribution < 1.29 is 27.6 Å². The Bertz CT molecular complexity index is 873. The van der Waals surface area contributed by atoms with Crippen molar-refractivity contribution in [1.29, 1.82) is 0 Å². The molecular weight excluding hydrogens is 425 g/mol. The Morgan fingerprint density at radius 3 is 2.22 bits per heavy atom. The van der Waals surface area contributed by atoms with Gasteiger partial charge in [-0.2, -0.15) is 13.2 Å². The largest absolute Gasteiger partial charge is 0.416 e. The number of carbonyl (C=O) groups excluding carboxylic acids is 3. The third-order valence-electron chi connectivity index (χ3n) is 6.66. The normalized spacial score (nSPS) is 21.5. The first-order valence-corrected chi connectivity index (χ1v) is 11.0. The molecule has 10 heteroatoms. The van der Waals surface area contributed by atoms with Gasteiger partial charge in [0.2, 0.25) is 5.91 Å². The van der Waals surface area contributed by atoms with Crippen LogP contribution in [0.3, 0.4) is 0 Å². The molecule has 1 aliphatic carbocycles. The SMILES string of the molecule is O=C(CCN1C(=O)NC2(CCCC2)C1=O)N1CCN(Cc2ccc(C(F)(F)F)cc2)CC1. The summed E-state index contributed by atoms with van der Waals surface area (Å²) in [6.45, 7) is 2.83. The summed E-state index contributed by atoms with van der Waals surface area (Å²) in [7, 11) is 0. The summed E-state index contributed by atoms with van der Waals surface area (Å²) in [6, 6.07) is 4.72. The van der Waals surface area contributed by atoms with Crippen LogP contribution in [0.2, 0.25) is 0 Å². The van der Waals surface area contributed by atoms with E-state index in [0.717, 1.165) is 30.5 Å². The van der Waals surface area contributed by atoms with Gasteiger partial charge in [-0.05, 0) is 30.5 Å². The number of nitrogens with one attached hydrogen (secondary N) is 1. The average molecular weight is 452 g/mol. The third kappa shape index (κ3) is 4.60. The van der Waals surface area contributed by atoms with E-state index in [1.54, 1.807) is 4.90 Å². The molecule has 32 heavy (non-hydrogen) atoms. The molecule has 4 rings (SSSR count). The van der Waals surface area contributed by atoms with Crippen LogP contribution >= 0.6 is 0 Å². The summed E-state index contributed by atoms with van der Waals surface area (Å²) in [5.74, 6) is -0.318. The number of piperazine rings is 1. The molecule has 0 atom stereocenters. The Morgan fingerprint density at radius 2 is 1.62 bits per heavy atom. The third-order valence-corrected chi connectivity index (χ3v) is 6.66. The van der Waals surface area contributed by atoms with Crippen molar-refractivity contribution in [3.63, 3.8) is 0 Å². The van der Waals surface area contributed by atoms with E-state index in [2.05, 4.69) is 10.2 Å². The second-order valence-electron chi connectivity index (χ2n) is 8.78. The molecule has 7 nitrogen and oxygen atoms in total. The minimum atomic E-state index is -4.34. The summed E-state index contributed by atoms with van der Waals surface area (Å²) in [5, 5.41) is 2.82. The van der Waals surface area contributed by atoms with E-state index in [4.69, 9.17) is 0 Å². The number of amides is 4. The zero-order chi connectivity index (χ0) is 22.9. The molecule has 4 amide bonds. The maximum absolute atomic E-state index is 12.7. The Kier molecular flexibility index (Phi) is 6.15. The van der Waals surface area contributed by atoms with Crippen LogP contribution in [0.15, 0.2) is 24.3 Å². The second-order valence-corrected chi connectivity index (χ2v) is 8.78. The number of urea groups is 1. The summed E-state index contributed by atoms with van der Waals surface area (Å²) in [5.41, 5.74) is -0.637. The molecule has 0 radical (unpaired) electrons. The van der Waals surface area contributed by atoms with Gasteiger partial charge in [-0.25, -0.2) is 4.79 Å². The first-order valence-electron chi connectivity index (χ1n) is 11.0. The summed E-state index contributed by atoms with van der Waals surface area (Å²) < 4.78 is 38.1. The minimum Gasteiger partial charge on any atom is -0.340 e. The van der Waals surface area contributed by atoms with E-state index in [0.29, 0.717) is 45.6 Å². The lowest BCUT2D eigenvalue weighted by Gasteiger charge is -2.35. The lowest BCUT2D eigenvalue weighted by molar-refractivity contribution is -0.137. The fourth-order valence-electron chi connectivity index (χ4n) is 4.77. The van der Waals surface area contributed by atoms with Crippen molar-refractivity contribution in [2.45, 2.75) is 50.4 Å². The number of rotatable bonds is 5. The van der Waals surface area contributed by atoms with Gasteiger partial charge in [0.25, 0.3) is 5.91 Å². The highest BCUT2D eigenvalue weighted by Gasteiger charge is 2.52. The van der Waals surface area contributed by atoms with Crippen molar-refractivity contribution in [3.05, 3.63) is 35.4 Å². The molecule has 2 heterocycles. The summed E-state index contributed by atoms with van der Waals surface area (Å²) in [6.07, 6.45) is -1.12. The van der Waals surface area contributed by atoms with Gasteiger partial charge in [0.15, 0.2) is 0 Å². The molecule has 1 aromatic rings. The van der Waals surface area contributed by atoms with Gasteiger partial charge >= 0.3 is 12.2 Å². The Labute approximate surface area is 184 Å². The quantitative estimate of drug-likeness (QED) is 0.698. The zero-order valence-corrected chi connectivity index (χ0v) is 17.8. The van der Waals surface area contributed by atoms with E-state index in [9.17, 15) is 27.6 Å². The van der Waals surface area contributed by atoms with E-state index < -0.39 is 23.3 Å². The Balaban J connectivity index is 1.23. The van der Waals surface area contributed by atoms with E-state index in [-0.39, 0.29) is 24.8 Å². The van der Waals surface area contributed by atoms with Crippen molar-refractivity contribution >= 4 is 17.8 Å². The van der Waals surface area contributed by atoms with Crippen molar-refractivity contribution in [1.82, 2.24) is 20.0 Å². The van der Waals surface area contributed by atoms with Gasteiger partial charge in [0.1, 0.15) is 5.54 Å². The van der Waals surface area contributed by atoms with E-state index in [1.807, 2.05) is 0 Å². The molecule has 0 aromatic heterocycles. The van der Waals surface area contributed by atoms with Gasteiger partial charge in [0.05, 0.1) is 5.56 Å². The van der Waals surface area contributed by atoms with Crippen LogP contribution in [0.25, 0.3) is 0 Å². The molecule has 174 valence electrons. The predicted molar refractivity (Wildman–Crippen MR) is 109 cm³/mol. The van der Waals surface area contributed by atoms with Gasteiger partial charge in [-0.1, -0.05) is 25.0 Å². The number of nitrogens with zero attached hydrogens (tertiary/aromatic N) is 3. The molecule has 1 aromatic carbocycles. The molecule has 2 saturated heterocycles. The molecule has 3 aliphatic rings. The number of imide groups is 1. The Morgan fingerprint density at radius 1 is 1.00 bits per heavy atom. The van der Waals surface area contributed by atoms with Crippen molar-refractivity contribution in [2.75, 3.05) is 32.7 Å². The fraction of sp³-hybridized carbons (Fsp3) is 0.591. The lowest BCUT2D eigenvalue weighted by atomic mass is 9.98. The average Bonchev–Trinajstić information content (AvgIpc) is 3.31. The molecule has 3 fully saturated rings. The molecule has 1 spiro atoms. The molecular formula is C22H27F3N4O3. The van der Waals surface area contributed by atoms with Gasteiger partial charge in [-0.3, -0.25) is 19.4 Å². The predicted octanol–water partition coefficient (Wildman–Crippen LogP) is 2.60. The van der Waals surface area contributed by atoms with Crippen LogP contribution in [0.4, 0.5) is 18.0 Å². The van der Waals surface area contributed by atoms with E-state index in [1.165, 1.54) is 17.0 Å². The van der Waals surface area contributed by atoms with Crippen LogP contribution < -0.4 is 5.32 Å². The van der Waals surface area contributed by atoms with Crippen LogP contribution in [-0.4, -0.2) is 70.8 Å². The first kappa shape index (κ1) is 22.6. The number of alkyl halides is 3. The monoisotopic (exact) mass is 452 g/mol. The highest BCUT2D eigenvalue weighted by atomic mass is 19.4. The van der Waals surface area contributed by atoms with Crippen LogP contribution in [0.1, 0.15) is 43.2 Å². The van der Waals surface area contributed by atoms with Crippen molar-refractivity contribution in [2.24, 2.45) is 0 Å². The molecule has 2 aliphatic heterocycles. The molecule has 0 bridgehead atoms. The van der Waals surface area contributed by atoms with Gasteiger partial charge in [0, 0.05) is 45.7 Å². The highest BCUT2D eigenvalue weighted by Crippen LogP contribution is 2.35. The summed E-state index contributed by atoms with van der Waals surface area (Å²) in [4.78, 5) is 42.5. The van der Waals surface area contributed by atoms with E-state index >= 15 is 0 Å². The first-order chi connectivity index (χ1) is 15.2. The highest BCUT2D eigenvalue weighted by molar-refractivity contribution is 6.07. The lowest BCUT2D eigenvalue weighted by Crippen LogP contribution is -2.49. The molecule has 0 unspecified atom stereocenters. The standard InChI is InChI=1S/C22H27F3N4O3/c23-22(24,25)17-5-3-16(4-6-17)15-27-11-13-28(14-12-27)18(30)7-10-29-19(31)21(26-20(29)32)8-1-2-9-21/h3-6H,1-2,7-15H2,(H,26,32). The smallest absolute Gasteiger partial charge is 0.340 e. The maximum atomic E-state index is 12.7. The molecule has 1 saturated carbocycles.